The maximum Gasteiger partial charge on any atom is 0.421 e. The first-order valence-electron chi connectivity index (χ1n) is 9.82. The number of nitrogens with one attached hydrogen (secondary N) is 2. The summed E-state index contributed by atoms with van der Waals surface area (Å²) in [5, 5.41) is 5.68. The molecule has 164 valence electrons. The van der Waals surface area contributed by atoms with Gasteiger partial charge in [-0.1, -0.05) is 19.8 Å². The van der Waals surface area contributed by atoms with Gasteiger partial charge >= 0.3 is 6.18 Å². The van der Waals surface area contributed by atoms with Crippen molar-refractivity contribution >= 4 is 45.7 Å². The van der Waals surface area contributed by atoms with Gasteiger partial charge in [-0.3, -0.25) is 0 Å². The summed E-state index contributed by atoms with van der Waals surface area (Å²) in [7, 11) is 0. The van der Waals surface area contributed by atoms with Crippen molar-refractivity contribution in [2.45, 2.75) is 32.4 Å². The molecule has 0 bridgehead atoms. The van der Waals surface area contributed by atoms with Gasteiger partial charge in [0.1, 0.15) is 17.1 Å². The van der Waals surface area contributed by atoms with Gasteiger partial charge in [-0.15, -0.1) is 0 Å². The number of unbranched alkanes of at least 4 members (excludes halogenated alkanes) is 2. The number of aromatic nitrogens is 2. The molecule has 2 N–H and O–H groups in total. The quantitative estimate of drug-likeness (QED) is 0.222. The summed E-state index contributed by atoms with van der Waals surface area (Å²) in [6.45, 7) is 2.72. The predicted molar refractivity (Wildman–Crippen MR) is 124 cm³/mol. The second-order valence-corrected chi connectivity index (χ2v) is 8.04. The second-order valence-electron chi connectivity index (χ2n) is 6.79. The maximum atomic E-state index is 13.5. The zero-order valence-electron chi connectivity index (χ0n) is 16.8. The summed E-state index contributed by atoms with van der Waals surface area (Å²) >= 11 is 2.17. The van der Waals surface area contributed by atoms with Crippen LogP contribution in [0.3, 0.4) is 0 Å². The molecule has 0 saturated carbocycles. The standard InChI is InChI=1S/C22H22F3IN4O/c1-2-3-4-13-31-18-11-9-16(10-12-18)28-20-19(22(23,24)25)14-27-21(30-20)29-17-7-5-15(26)6-8-17/h5-12,14H,2-4,13H2,1H3,(H2,27,28,29,30). The van der Waals surface area contributed by atoms with Crippen molar-refractivity contribution in [2.24, 2.45) is 0 Å². The number of ether oxygens (including phenoxy) is 1. The molecule has 5 nitrogen and oxygen atoms in total. The van der Waals surface area contributed by atoms with E-state index in [2.05, 4.69) is 50.1 Å². The highest BCUT2D eigenvalue weighted by Gasteiger charge is 2.35. The van der Waals surface area contributed by atoms with Crippen LogP contribution >= 0.6 is 22.6 Å². The lowest BCUT2D eigenvalue weighted by atomic mass is 10.2. The molecular formula is C22H22F3IN4O. The monoisotopic (exact) mass is 542 g/mol. The molecular weight excluding hydrogens is 520 g/mol. The van der Waals surface area contributed by atoms with Crippen LogP contribution in [0.4, 0.5) is 36.3 Å². The summed E-state index contributed by atoms with van der Waals surface area (Å²) in [6, 6.07) is 14.1. The fourth-order valence-corrected chi connectivity index (χ4v) is 3.08. The van der Waals surface area contributed by atoms with Gasteiger partial charge in [0, 0.05) is 21.1 Å². The topological polar surface area (TPSA) is 59.1 Å². The highest BCUT2D eigenvalue weighted by atomic mass is 127. The van der Waals surface area contributed by atoms with Crippen LogP contribution in [-0.4, -0.2) is 16.6 Å². The molecule has 0 radical (unpaired) electrons. The van der Waals surface area contributed by atoms with E-state index in [4.69, 9.17) is 4.74 Å². The number of benzene rings is 2. The summed E-state index contributed by atoms with van der Waals surface area (Å²) in [4.78, 5) is 7.88. The van der Waals surface area contributed by atoms with Gasteiger partial charge in [0.25, 0.3) is 0 Å². The van der Waals surface area contributed by atoms with E-state index in [1.54, 1.807) is 36.4 Å². The minimum Gasteiger partial charge on any atom is -0.494 e. The van der Waals surface area contributed by atoms with Crippen molar-refractivity contribution in [1.29, 1.82) is 0 Å². The Morgan fingerprint density at radius 1 is 0.935 bits per heavy atom. The molecule has 3 aromatic rings. The van der Waals surface area contributed by atoms with Crippen molar-refractivity contribution in [3.63, 3.8) is 0 Å². The Hall–Kier alpha value is -2.56. The van der Waals surface area contributed by atoms with Crippen LogP contribution in [0.1, 0.15) is 31.7 Å². The average molecular weight is 542 g/mol. The number of rotatable bonds is 9. The third-order valence-electron chi connectivity index (χ3n) is 4.33. The molecule has 0 unspecified atom stereocenters. The molecule has 0 spiro atoms. The lowest BCUT2D eigenvalue weighted by molar-refractivity contribution is -0.137. The van der Waals surface area contributed by atoms with Crippen LogP contribution in [0.5, 0.6) is 5.75 Å². The smallest absolute Gasteiger partial charge is 0.421 e. The van der Waals surface area contributed by atoms with Crippen LogP contribution < -0.4 is 15.4 Å². The molecule has 0 amide bonds. The maximum absolute atomic E-state index is 13.5. The summed E-state index contributed by atoms with van der Waals surface area (Å²) in [5.74, 6) is 0.404. The van der Waals surface area contributed by atoms with E-state index < -0.39 is 11.7 Å². The number of alkyl halides is 3. The SMILES string of the molecule is CCCCCOc1ccc(Nc2nc(Nc3ccc(I)cc3)ncc2C(F)(F)F)cc1. The van der Waals surface area contributed by atoms with Gasteiger partial charge in [0.2, 0.25) is 5.95 Å². The highest BCUT2D eigenvalue weighted by Crippen LogP contribution is 2.35. The number of halogens is 4. The van der Waals surface area contributed by atoms with E-state index in [-0.39, 0.29) is 11.8 Å². The van der Waals surface area contributed by atoms with E-state index in [1.807, 2.05) is 12.1 Å². The van der Waals surface area contributed by atoms with Crippen molar-refractivity contribution in [2.75, 3.05) is 17.2 Å². The van der Waals surface area contributed by atoms with Gasteiger partial charge in [0.05, 0.1) is 6.61 Å². The third kappa shape index (κ3) is 6.98. The molecule has 0 aliphatic heterocycles. The first-order valence-corrected chi connectivity index (χ1v) is 10.9. The Labute approximate surface area is 192 Å². The fraction of sp³-hybridized carbons (Fsp3) is 0.273. The van der Waals surface area contributed by atoms with Gasteiger partial charge in [0.15, 0.2) is 0 Å². The molecule has 9 heteroatoms. The predicted octanol–water partition coefficient (Wildman–Crippen LogP) is 7.16. The molecule has 1 aromatic heterocycles. The first kappa shape index (κ1) is 23.1. The Balaban J connectivity index is 1.77. The average Bonchev–Trinajstić information content (AvgIpc) is 2.73. The van der Waals surface area contributed by atoms with Crippen LogP contribution in [0.15, 0.2) is 54.7 Å². The van der Waals surface area contributed by atoms with Crippen LogP contribution in [0.25, 0.3) is 0 Å². The van der Waals surface area contributed by atoms with Gasteiger partial charge in [-0.2, -0.15) is 18.2 Å². The number of anilines is 4. The Morgan fingerprint density at radius 3 is 2.23 bits per heavy atom. The first-order chi connectivity index (χ1) is 14.8. The van der Waals surface area contributed by atoms with Crippen LogP contribution in [-0.2, 0) is 6.18 Å². The Bertz CT molecular complexity index is 980. The third-order valence-corrected chi connectivity index (χ3v) is 5.05. The minimum absolute atomic E-state index is 0.0626. The van der Waals surface area contributed by atoms with Gasteiger partial charge in [-0.05, 0) is 77.5 Å². The molecule has 0 fully saturated rings. The summed E-state index contributed by atoms with van der Waals surface area (Å²) in [6.07, 6.45) is -0.663. The highest BCUT2D eigenvalue weighted by molar-refractivity contribution is 14.1. The fourth-order valence-electron chi connectivity index (χ4n) is 2.72. The molecule has 2 aromatic carbocycles. The second kappa shape index (κ2) is 10.7. The van der Waals surface area contributed by atoms with Crippen molar-refractivity contribution in [3.8, 4) is 5.75 Å². The Kier molecular flexibility index (Phi) is 7.94. The largest absolute Gasteiger partial charge is 0.494 e. The van der Waals surface area contributed by atoms with E-state index in [9.17, 15) is 13.2 Å². The van der Waals surface area contributed by atoms with Crippen molar-refractivity contribution in [3.05, 3.63) is 63.9 Å². The zero-order chi connectivity index (χ0) is 22.3. The molecule has 0 atom stereocenters. The van der Waals surface area contributed by atoms with Crippen molar-refractivity contribution in [1.82, 2.24) is 9.97 Å². The van der Waals surface area contributed by atoms with E-state index in [1.165, 1.54) is 0 Å². The van der Waals surface area contributed by atoms with Crippen LogP contribution in [0, 0.1) is 3.57 Å². The van der Waals surface area contributed by atoms with Crippen LogP contribution in [0.2, 0.25) is 0 Å². The Morgan fingerprint density at radius 2 is 1.58 bits per heavy atom. The van der Waals surface area contributed by atoms with E-state index in [0.717, 1.165) is 29.0 Å². The normalized spacial score (nSPS) is 11.3. The molecule has 0 saturated heterocycles. The van der Waals surface area contributed by atoms with Gasteiger partial charge in [-0.25, -0.2) is 4.98 Å². The van der Waals surface area contributed by atoms with Crippen molar-refractivity contribution < 1.29 is 17.9 Å². The number of hydrogen-bond acceptors (Lipinski definition) is 5. The molecule has 0 aliphatic rings. The lowest BCUT2D eigenvalue weighted by Gasteiger charge is -2.15. The van der Waals surface area contributed by atoms with E-state index >= 15 is 0 Å². The zero-order valence-corrected chi connectivity index (χ0v) is 19.0. The summed E-state index contributed by atoms with van der Waals surface area (Å²) < 4.78 is 47.1. The molecule has 31 heavy (non-hydrogen) atoms. The molecule has 0 aliphatic carbocycles. The summed E-state index contributed by atoms with van der Waals surface area (Å²) in [5.41, 5.74) is 0.196. The van der Waals surface area contributed by atoms with Gasteiger partial charge < -0.3 is 15.4 Å². The number of hydrogen-bond donors (Lipinski definition) is 2. The minimum atomic E-state index is -4.59. The van der Waals surface area contributed by atoms with E-state index in [0.29, 0.717) is 23.7 Å². The molecule has 3 rings (SSSR count). The number of nitrogens with zero attached hydrogens (tertiary/aromatic N) is 2. The molecule has 1 heterocycles. The lowest BCUT2D eigenvalue weighted by Crippen LogP contribution is -2.12.